The molecule has 1 saturated carbocycles. The van der Waals surface area contributed by atoms with Crippen LogP contribution >= 0.6 is 17.0 Å². The van der Waals surface area contributed by atoms with E-state index in [0.717, 1.165) is 12.4 Å². The fourth-order valence-electron chi connectivity index (χ4n) is 3.07. The summed E-state index contributed by atoms with van der Waals surface area (Å²) in [7, 11) is 0. The lowest BCUT2D eigenvalue weighted by molar-refractivity contribution is 0.190. The quantitative estimate of drug-likeness (QED) is 0.857. The average molecular weight is 309 g/mol. The summed E-state index contributed by atoms with van der Waals surface area (Å²) >= 11 is 0. The van der Waals surface area contributed by atoms with Crippen molar-refractivity contribution in [2.24, 2.45) is 5.73 Å². The summed E-state index contributed by atoms with van der Waals surface area (Å²) < 4.78 is 0. The molecular formula is C15H21BrN2. The van der Waals surface area contributed by atoms with E-state index in [9.17, 15) is 0 Å². The number of hydrogen-bond acceptors (Lipinski definition) is 2. The molecule has 0 spiro atoms. The number of hydrogen-bond donors (Lipinski definition) is 1. The minimum atomic E-state index is 0. The van der Waals surface area contributed by atoms with Crippen molar-refractivity contribution in [1.29, 1.82) is 0 Å². The molecule has 2 nitrogen and oxygen atoms in total. The first-order valence-corrected chi connectivity index (χ1v) is 6.66. The Morgan fingerprint density at radius 1 is 1.06 bits per heavy atom. The molecule has 1 aliphatic heterocycles. The lowest BCUT2D eigenvalue weighted by Gasteiger charge is -2.38. The van der Waals surface area contributed by atoms with Crippen LogP contribution in [0.15, 0.2) is 30.1 Å². The van der Waals surface area contributed by atoms with Crippen LogP contribution in [0.4, 0.5) is 0 Å². The van der Waals surface area contributed by atoms with Gasteiger partial charge in [-0.1, -0.05) is 43.5 Å². The van der Waals surface area contributed by atoms with E-state index >= 15 is 0 Å². The summed E-state index contributed by atoms with van der Waals surface area (Å²) in [5, 5.41) is 0. The van der Waals surface area contributed by atoms with Crippen LogP contribution in [0, 0.1) is 0 Å². The van der Waals surface area contributed by atoms with Crippen LogP contribution in [-0.2, 0) is 6.54 Å². The van der Waals surface area contributed by atoms with E-state index in [-0.39, 0.29) is 17.0 Å². The van der Waals surface area contributed by atoms with E-state index in [1.165, 1.54) is 43.2 Å². The first-order valence-electron chi connectivity index (χ1n) is 6.66. The van der Waals surface area contributed by atoms with Crippen molar-refractivity contribution >= 4 is 23.1 Å². The van der Waals surface area contributed by atoms with E-state index in [2.05, 4.69) is 35.2 Å². The maximum atomic E-state index is 6.21. The van der Waals surface area contributed by atoms with Gasteiger partial charge in [0.05, 0.1) is 5.82 Å². The Kier molecular flexibility index (Phi) is 4.33. The number of fused-ring (bicyclic) bond motifs is 1. The van der Waals surface area contributed by atoms with Crippen molar-refractivity contribution in [2.75, 3.05) is 0 Å². The van der Waals surface area contributed by atoms with Crippen molar-refractivity contribution in [3.8, 4) is 0 Å². The minimum Gasteiger partial charge on any atom is -0.385 e. The molecule has 2 N–H and O–H groups in total. The molecule has 0 unspecified atom stereocenters. The smallest absolute Gasteiger partial charge is 0.0998 e. The van der Waals surface area contributed by atoms with E-state index < -0.39 is 0 Å². The standard InChI is InChI=1S/C15H20N2.BrH/c16-15-10-12-6-4-5-7-13(12)11-17(15)14-8-2-1-3-9-14;/h4-7,10,14H,1-3,8-9,11,16H2;1H. The van der Waals surface area contributed by atoms with Crippen LogP contribution < -0.4 is 5.73 Å². The molecular weight excluding hydrogens is 288 g/mol. The molecule has 0 amide bonds. The zero-order valence-corrected chi connectivity index (χ0v) is 12.4. The predicted molar refractivity (Wildman–Crippen MR) is 81.3 cm³/mol. The van der Waals surface area contributed by atoms with Crippen LogP contribution in [0.5, 0.6) is 0 Å². The molecule has 0 atom stereocenters. The monoisotopic (exact) mass is 308 g/mol. The maximum absolute atomic E-state index is 6.21. The van der Waals surface area contributed by atoms with Gasteiger partial charge in [0.1, 0.15) is 0 Å². The highest BCUT2D eigenvalue weighted by atomic mass is 79.9. The van der Waals surface area contributed by atoms with Gasteiger partial charge < -0.3 is 10.6 Å². The average Bonchev–Trinajstić information content (AvgIpc) is 2.39. The van der Waals surface area contributed by atoms with Crippen molar-refractivity contribution in [2.45, 2.75) is 44.7 Å². The van der Waals surface area contributed by atoms with Gasteiger partial charge in [-0.05, 0) is 30.0 Å². The molecule has 1 aliphatic carbocycles. The Morgan fingerprint density at radius 2 is 1.78 bits per heavy atom. The van der Waals surface area contributed by atoms with Gasteiger partial charge >= 0.3 is 0 Å². The topological polar surface area (TPSA) is 29.3 Å². The second-order valence-corrected chi connectivity index (χ2v) is 5.19. The normalized spacial score (nSPS) is 19.8. The van der Waals surface area contributed by atoms with Crippen LogP contribution in [-0.4, -0.2) is 10.9 Å². The third-order valence-corrected chi connectivity index (χ3v) is 4.05. The summed E-state index contributed by atoms with van der Waals surface area (Å²) in [6, 6.07) is 9.23. The number of halogens is 1. The zero-order valence-electron chi connectivity index (χ0n) is 10.6. The van der Waals surface area contributed by atoms with Gasteiger partial charge in [-0.25, -0.2) is 0 Å². The third-order valence-electron chi connectivity index (χ3n) is 4.05. The van der Waals surface area contributed by atoms with Crippen LogP contribution in [0.3, 0.4) is 0 Å². The molecule has 1 fully saturated rings. The van der Waals surface area contributed by atoms with Gasteiger partial charge in [0.2, 0.25) is 0 Å². The molecule has 0 bridgehead atoms. The highest BCUT2D eigenvalue weighted by Crippen LogP contribution is 2.30. The van der Waals surface area contributed by atoms with Gasteiger partial charge in [0.15, 0.2) is 0 Å². The fourth-order valence-corrected chi connectivity index (χ4v) is 3.07. The second kappa shape index (κ2) is 5.79. The first kappa shape index (κ1) is 13.5. The SMILES string of the molecule is Br.NC1=Cc2ccccc2CN1C1CCCCC1. The Labute approximate surface area is 120 Å². The highest BCUT2D eigenvalue weighted by molar-refractivity contribution is 8.93. The maximum Gasteiger partial charge on any atom is 0.0998 e. The Hall–Kier alpha value is -0.960. The van der Waals surface area contributed by atoms with Gasteiger partial charge in [0.25, 0.3) is 0 Å². The zero-order chi connectivity index (χ0) is 11.7. The number of nitrogens with two attached hydrogens (primary N) is 1. The van der Waals surface area contributed by atoms with Crippen molar-refractivity contribution < 1.29 is 0 Å². The Morgan fingerprint density at radius 3 is 2.56 bits per heavy atom. The summed E-state index contributed by atoms with van der Waals surface area (Å²) in [6.45, 7) is 0.989. The van der Waals surface area contributed by atoms with Gasteiger partial charge in [0, 0.05) is 12.6 Å². The van der Waals surface area contributed by atoms with Crippen molar-refractivity contribution in [3.63, 3.8) is 0 Å². The van der Waals surface area contributed by atoms with E-state index in [1.54, 1.807) is 0 Å². The molecule has 3 rings (SSSR count). The predicted octanol–water partition coefficient (Wildman–Crippen LogP) is 3.67. The van der Waals surface area contributed by atoms with Gasteiger partial charge in [-0.3, -0.25) is 0 Å². The summed E-state index contributed by atoms with van der Waals surface area (Å²) in [6.07, 6.45) is 8.84. The number of nitrogens with zero attached hydrogens (tertiary/aromatic N) is 1. The molecule has 1 heterocycles. The Balaban J connectivity index is 0.00000120. The Bertz CT molecular complexity index is 436. The molecule has 0 saturated heterocycles. The minimum absolute atomic E-state index is 0. The molecule has 0 radical (unpaired) electrons. The van der Waals surface area contributed by atoms with Crippen LogP contribution in [0.1, 0.15) is 43.2 Å². The summed E-state index contributed by atoms with van der Waals surface area (Å²) in [5.41, 5.74) is 8.91. The summed E-state index contributed by atoms with van der Waals surface area (Å²) in [5.74, 6) is 0.954. The van der Waals surface area contributed by atoms with Crippen molar-refractivity contribution in [1.82, 2.24) is 4.90 Å². The molecule has 98 valence electrons. The lowest BCUT2D eigenvalue weighted by atomic mass is 9.92. The molecule has 18 heavy (non-hydrogen) atoms. The van der Waals surface area contributed by atoms with E-state index in [0.29, 0.717) is 6.04 Å². The molecule has 1 aromatic rings. The number of benzene rings is 1. The lowest BCUT2D eigenvalue weighted by Crippen LogP contribution is -2.39. The van der Waals surface area contributed by atoms with Gasteiger partial charge in [-0.15, -0.1) is 17.0 Å². The fraction of sp³-hybridized carbons (Fsp3) is 0.467. The molecule has 3 heteroatoms. The molecule has 1 aromatic carbocycles. The first-order chi connectivity index (χ1) is 8.34. The second-order valence-electron chi connectivity index (χ2n) is 5.19. The molecule has 0 aromatic heterocycles. The summed E-state index contributed by atoms with van der Waals surface area (Å²) in [4.78, 5) is 2.40. The van der Waals surface area contributed by atoms with Crippen LogP contribution in [0.2, 0.25) is 0 Å². The van der Waals surface area contributed by atoms with E-state index in [4.69, 9.17) is 5.73 Å². The van der Waals surface area contributed by atoms with E-state index in [1.807, 2.05) is 0 Å². The van der Waals surface area contributed by atoms with Crippen molar-refractivity contribution in [3.05, 3.63) is 41.2 Å². The van der Waals surface area contributed by atoms with Gasteiger partial charge in [-0.2, -0.15) is 0 Å². The highest BCUT2D eigenvalue weighted by Gasteiger charge is 2.24. The third kappa shape index (κ3) is 2.56. The number of rotatable bonds is 1. The van der Waals surface area contributed by atoms with Crippen LogP contribution in [0.25, 0.3) is 6.08 Å². The molecule has 2 aliphatic rings. The largest absolute Gasteiger partial charge is 0.385 e.